The molecule has 0 heterocycles. The zero-order valence-corrected chi connectivity index (χ0v) is 13.6. The van der Waals surface area contributed by atoms with Crippen LogP contribution in [-0.2, 0) is 10.0 Å². The normalized spacial score (nSPS) is 35.0. The van der Waals surface area contributed by atoms with Crippen LogP contribution in [0.3, 0.4) is 0 Å². The van der Waals surface area contributed by atoms with Crippen LogP contribution in [0.2, 0.25) is 0 Å². The molecule has 4 nitrogen and oxygen atoms in total. The Labute approximate surface area is 132 Å². The number of sulfonamides is 1. The second-order valence-corrected chi connectivity index (χ2v) is 8.81. The number of hydrogen-bond donors (Lipinski definition) is 1. The van der Waals surface area contributed by atoms with Crippen molar-refractivity contribution in [3.8, 4) is 0 Å². The van der Waals surface area contributed by atoms with Gasteiger partial charge in [-0.05, 0) is 74.8 Å². The summed E-state index contributed by atoms with van der Waals surface area (Å²) in [5.74, 6) is 3.01. The quantitative estimate of drug-likeness (QED) is 0.871. The first-order valence-corrected chi connectivity index (χ1v) is 9.66. The number of nitrogens with zero attached hydrogens (tertiary/aromatic N) is 1. The molecule has 0 aromatic heterocycles. The number of hydrogen-bond acceptors (Lipinski definition) is 3. The van der Waals surface area contributed by atoms with Gasteiger partial charge in [0, 0.05) is 5.71 Å². The highest BCUT2D eigenvalue weighted by molar-refractivity contribution is 7.89. The minimum atomic E-state index is -3.54. The molecule has 1 N–H and O–H groups in total. The fraction of sp³-hybridized carbons (Fsp3) is 0.588. The Morgan fingerprint density at radius 1 is 1.09 bits per heavy atom. The van der Waals surface area contributed by atoms with Crippen molar-refractivity contribution in [1.82, 2.24) is 4.83 Å². The molecule has 4 atom stereocenters. The molecule has 3 saturated carbocycles. The topological polar surface area (TPSA) is 58.5 Å². The molecule has 0 saturated heterocycles. The predicted molar refractivity (Wildman–Crippen MR) is 86.0 cm³/mol. The van der Waals surface area contributed by atoms with Gasteiger partial charge in [-0.2, -0.15) is 13.5 Å². The summed E-state index contributed by atoms with van der Waals surface area (Å²) >= 11 is 0. The number of fused-ring (bicyclic) bond motifs is 1. The third-order valence-corrected chi connectivity index (χ3v) is 7.07. The Morgan fingerprint density at radius 3 is 2.59 bits per heavy atom. The van der Waals surface area contributed by atoms with Crippen LogP contribution >= 0.6 is 0 Å². The molecule has 3 aliphatic carbocycles. The largest absolute Gasteiger partial charge is 0.276 e. The smallest absolute Gasteiger partial charge is 0.200 e. The lowest BCUT2D eigenvalue weighted by molar-refractivity contribution is 0.343. The van der Waals surface area contributed by atoms with Gasteiger partial charge in [-0.1, -0.05) is 17.7 Å². The highest BCUT2D eigenvalue weighted by Gasteiger charge is 2.49. The average Bonchev–Trinajstić information content (AvgIpc) is 3.02. The third-order valence-electron chi connectivity index (χ3n) is 5.85. The lowest BCUT2D eigenvalue weighted by Crippen LogP contribution is -2.28. The maximum absolute atomic E-state index is 12.3. The molecule has 2 bridgehead atoms. The van der Waals surface area contributed by atoms with E-state index in [9.17, 15) is 8.42 Å². The van der Waals surface area contributed by atoms with Crippen molar-refractivity contribution in [2.45, 2.75) is 43.9 Å². The molecule has 3 aliphatic rings. The van der Waals surface area contributed by atoms with Crippen LogP contribution in [0.4, 0.5) is 0 Å². The molecular weight excluding hydrogens is 296 g/mol. The van der Waals surface area contributed by atoms with Crippen LogP contribution in [0.25, 0.3) is 0 Å². The highest BCUT2D eigenvalue weighted by atomic mass is 32.2. The minimum Gasteiger partial charge on any atom is -0.200 e. The molecule has 118 valence electrons. The first-order chi connectivity index (χ1) is 10.5. The zero-order chi connectivity index (χ0) is 15.3. The van der Waals surface area contributed by atoms with E-state index in [0.29, 0.717) is 5.92 Å². The van der Waals surface area contributed by atoms with Crippen LogP contribution in [-0.4, -0.2) is 14.1 Å². The van der Waals surface area contributed by atoms with Gasteiger partial charge in [0.1, 0.15) is 0 Å². The SMILES string of the molecule is Cc1ccc(S(=O)(=O)N/N=C2/CC3CCC4CC2CC34)cc1. The zero-order valence-electron chi connectivity index (χ0n) is 12.8. The van der Waals surface area contributed by atoms with E-state index in [1.54, 1.807) is 12.1 Å². The molecule has 4 unspecified atom stereocenters. The van der Waals surface area contributed by atoms with Crippen molar-refractivity contribution >= 4 is 15.7 Å². The lowest BCUT2D eigenvalue weighted by atomic mass is 9.80. The van der Waals surface area contributed by atoms with Gasteiger partial charge in [0.25, 0.3) is 10.0 Å². The third kappa shape index (κ3) is 2.35. The molecule has 3 fully saturated rings. The maximum Gasteiger partial charge on any atom is 0.276 e. The summed E-state index contributed by atoms with van der Waals surface area (Å²) in [4.78, 5) is 2.75. The second kappa shape index (κ2) is 5.08. The molecule has 1 aromatic rings. The van der Waals surface area contributed by atoms with Gasteiger partial charge in [-0.25, -0.2) is 4.83 Å². The van der Waals surface area contributed by atoms with Crippen molar-refractivity contribution in [3.63, 3.8) is 0 Å². The van der Waals surface area contributed by atoms with E-state index in [2.05, 4.69) is 9.93 Å². The van der Waals surface area contributed by atoms with E-state index in [1.807, 2.05) is 19.1 Å². The van der Waals surface area contributed by atoms with Crippen LogP contribution in [0.15, 0.2) is 34.3 Å². The number of aryl methyl sites for hydroxylation is 1. The van der Waals surface area contributed by atoms with Gasteiger partial charge >= 0.3 is 0 Å². The van der Waals surface area contributed by atoms with Gasteiger partial charge in [0.2, 0.25) is 0 Å². The minimum absolute atomic E-state index is 0.282. The predicted octanol–water partition coefficient (Wildman–Crippen LogP) is 3.09. The monoisotopic (exact) mass is 318 g/mol. The Kier molecular flexibility index (Phi) is 3.29. The fourth-order valence-electron chi connectivity index (χ4n) is 4.70. The van der Waals surface area contributed by atoms with E-state index in [0.717, 1.165) is 35.4 Å². The number of nitrogens with one attached hydrogen (secondary N) is 1. The van der Waals surface area contributed by atoms with Gasteiger partial charge in [-0.3, -0.25) is 0 Å². The van der Waals surface area contributed by atoms with Gasteiger partial charge in [0.15, 0.2) is 0 Å². The molecular formula is C17H22N2O2S. The van der Waals surface area contributed by atoms with Crippen molar-refractivity contribution in [3.05, 3.63) is 29.8 Å². The molecule has 0 radical (unpaired) electrons. The summed E-state index contributed by atoms with van der Waals surface area (Å²) in [6, 6.07) is 6.88. The molecule has 22 heavy (non-hydrogen) atoms. The van der Waals surface area contributed by atoms with E-state index in [1.165, 1.54) is 25.7 Å². The molecule has 0 aliphatic heterocycles. The molecule has 0 spiro atoms. The Morgan fingerprint density at radius 2 is 1.82 bits per heavy atom. The van der Waals surface area contributed by atoms with E-state index >= 15 is 0 Å². The van der Waals surface area contributed by atoms with Crippen LogP contribution in [0.1, 0.15) is 37.7 Å². The number of hydrazone groups is 1. The Balaban J connectivity index is 1.53. The standard InChI is InChI=1S/C17H22N2O2S/c1-11-2-6-15(7-3-11)22(20,21)19-18-17-10-13-5-4-12-8-14(17)9-16(12)13/h2-3,6-7,12-14,16,19H,4-5,8-10H2,1H3/b18-17-. The molecule has 4 rings (SSSR count). The summed E-state index contributed by atoms with van der Waals surface area (Å²) in [6.07, 6.45) is 6.09. The molecule has 5 heteroatoms. The Bertz CT molecular complexity index is 707. The van der Waals surface area contributed by atoms with Crippen molar-refractivity contribution in [1.29, 1.82) is 0 Å². The maximum atomic E-state index is 12.3. The summed E-state index contributed by atoms with van der Waals surface area (Å²) < 4.78 is 24.7. The second-order valence-electron chi connectivity index (χ2n) is 7.14. The summed E-state index contributed by atoms with van der Waals surface area (Å²) in [7, 11) is -3.54. The number of rotatable bonds is 3. The van der Waals surface area contributed by atoms with E-state index in [4.69, 9.17) is 0 Å². The first kappa shape index (κ1) is 14.2. The van der Waals surface area contributed by atoms with Crippen molar-refractivity contribution < 1.29 is 8.42 Å². The van der Waals surface area contributed by atoms with Gasteiger partial charge in [-0.15, -0.1) is 0 Å². The molecule has 1 aromatic carbocycles. The lowest BCUT2D eigenvalue weighted by Gasteiger charge is -2.27. The highest BCUT2D eigenvalue weighted by Crippen LogP contribution is 2.55. The van der Waals surface area contributed by atoms with E-state index in [-0.39, 0.29) is 4.90 Å². The van der Waals surface area contributed by atoms with Crippen molar-refractivity contribution in [2.75, 3.05) is 0 Å². The first-order valence-electron chi connectivity index (χ1n) is 8.18. The van der Waals surface area contributed by atoms with Crippen LogP contribution in [0.5, 0.6) is 0 Å². The van der Waals surface area contributed by atoms with Crippen LogP contribution < -0.4 is 4.83 Å². The summed E-state index contributed by atoms with van der Waals surface area (Å²) in [5, 5.41) is 4.33. The summed E-state index contributed by atoms with van der Waals surface area (Å²) in [5.41, 5.74) is 2.13. The van der Waals surface area contributed by atoms with E-state index < -0.39 is 10.0 Å². The van der Waals surface area contributed by atoms with Crippen molar-refractivity contribution in [2.24, 2.45) is 28.8 Å². The summed E-state index contributed by atoms with van der Waals surface area (Å²) in [6.45, 7) is 1.94. The van der Waals surface area contributed by atoms with Crippen LogP contribution in [0, 0.1) is 30.6 Å². The van der Waals surface area contributed by atoms with Gasteiger partial charge in [0.05, 0.1) is 4.90 Å². The number of benzene rings is 1. The van der Waals surface area contributed by atoms with Gasteiger partial charge < -0.3 is 0 Å². The molecule has 0 amide bonds. The Hall–Kier alpha value is -1.36. The average molecular weight is 318 g/mol. The fourth-order valence-corrected chi connectivity index (χ4v) is 5.53.